The average molecular weight is 823 g/mol. The molecule has 0 aliphatic carbocycles. The predicted octanol–water partition coefficient (Wildman–Crippen LogP) is 7.12. The van der Waals surface area contributed by atoms with Crippen LogP contribution in [0, 0.1) is 0 Å². The molecule has 0 saturated heterocycles. The molecule has 6 N–H and O–H groups in total. The van der Waals surface area contributed by atoms with Gasteiger partial charge in [-0.2, -0.15) is 0 Å². The average Bonchev–Trinajstić information content (AvgIpc) is 3.70. The lowest BCUT2D eigenvalue weighted by molar-refractivity contribution is -0.141. The zero-order valence-corrected chi connectivity index (χ0v) is 34.7. The van der Waals surface area contributed by atoms with Crippen LogP contribution in [0.5, 0.6) is 0 Å². The largest absolute Gasteiger partial charge is 0.480 e. The topological polar surface area (TPSA) is 191 Å². The number of aliphatic hydroxyl groups excluding tert-OH is 2. The maximum atomic E-state index is 13.4. The molecule has 3 amide bonds. The van der Waals surface area contributed by atoms with Gasteiger partial charge in [0.05, 0.1) is 19.3 Å². The van der Waals surface area contributed by atoms with Crippen molar-refractivity contribution in [3.05, 3.63) is 115 Å². The summed E-state index contributed by atoms with van der Waals surface area (Å²) in [4.78, 5) is 51.3. The molecular formula is C43H58N4O8S2. The van der Waals surface area contributed by atoms with Crippen molar-refractivity contribution in [2.24, 2.45) is 0 Å². The molecule has 0 fully saturated rings. The smallest absolute Gasteiger partial charge is 0.327 e. The Morgan fingerprint density at radius 1 is 0.789 bits per heavy atom. The molecule has 1 heterocycles. The lowest BCUT2D eigenvalue weighted by Gasteiger charge is -2.33. The van der Waals surface area contributed by atoms with E-state index in [9.17, 15) is 34.5 Å². The predicted molar refractivity (Wildman–Crippen MR) is 230 cm³/mol. The highest BCUT2D eigenvalue weighted by Gasteiger charge is 2.39. The van der Waals surface area contributed by atoms with E-state index in [-0.39, 0.29) is 17.9 Å². The van der Waals surface area contributed by atoms with Crippen LogP contribution in [0.1, 0.15) is 82.6 Å². The summed E-state index contributed by atoms with van der Waals surface area (Å²) in [5.41, 5.74) is 0.631. The maximum absolute atomic E-state index is 13.4. The summed E-state index contributed by atoms with van der Waals surface area (Å²) in [5.74, 6) is -2.68. The molecule has 2 atom stereocenters. The van der Waals surface area contributed by atoms with Crippen LogP contribution in [-0.4, -0.2) is 86.0 Å². The van der Waals surface area contributed by atoms with Gasteiger partial charge < -0.3 is 35.8 Å². The number of allylic oxidation sites excluding steroid dienone is 12. The second kappa shape index (κ2) is 28.7. The number of carbonyl (C=O) groups is 4. The van der Waals surface area contributed by atoms with Crippen LogP contribution in [0.25, 0.3) is 11.3 Å². The van der Waals surface area contributed by atoms with Crippen LogP contribution in [0.3, 0.4) is 0 Å². The van der Waals surface area contributed by atoms with Crippen molar-refractivity contribution in [2.45, 2.75) is 95.0 Å². The fourth-order valence-corrected chi connectivity index (χ4v) is 7.72. The molecule has 0 spiro atoms. The maximum Gasteiger partial charge on any atom is 0.327 e. The molecule has 1 aromatic carbocycles. The molecule has 2 unspecified atom stereocenters. The number of carbonyl (C=O) groups excluding carboxylic acids is 3. The molecule has 0 saturated carbocycles. The molecule has 0 bridgehead atoms. The van der Waals surface area contributed by atoms with Gasteiger partial charge in [0.15, 0.2) is 11.5 Å². The van der Waals surface area contributed by atoms with Crippen molar-refractivity contribution in [3.8, 4) is 11.3 Å². The Kier molecular flexibility index (Phi) is 24.4. The van der Waals surface area contributed by atoms with Crippen molar-refractivity contribution in [1.29, 1.82) is 0 Å². The van der Waals surface area contributed by atoms with E-state index in [0.717, 1.165) is 60.1 Å². The molecule has 0 aliphatic rings. The van der Waals surface area contributed by atoms with E-state index in [2.05, 4.69) is 88.8 Å². The number of nitrogens with one attached hydrogen (secondary N) is 3. The SMILES string of the molecule is CC/C=C\C/C=C\C/C=C\C/C=C\C/C=C\C/C=C\CCC(=O)NC(CSSC(C)(C)C(NC(=O)c1cc(-c2ccccc2)on1)C(=O)NC(CO)CO)C(=O)O. The first kappa shape index (κ1) is 48.5. The number of nitrogens with zero attached hydrogens (tertiary/aromatic N) is 1. The summed E-state index contributed by atoms with van der Waals surface area (Å²) in [6, 6.07) is 7.09. The molecular weight excluding hydrogens is 765 g/mol. The molecule has 0 radical (unpaired) electrons. The van der Waals surface area contributed by atoms with Crippen LogP contribution in [-0.2, 0) is 14.4 Å². The van der Waals surface area contributed by atoms with Gasteiger partial charge in [-0.1, -0.05) is 137 Å². The fraction of sp³-hybridized carbons (Fsp3) is 0.419. The Hall–Kier alpha value is -4.63. The van der Waals surface area contributed by atoms with Gasteiger partial charge in [0.1, 0.15) is 12.1 Å². The molecule has 1 aromatic heterocycles. The summed E-state index contributed by atoms with van der Waals surface area (Å²) >= 11 is 0. The summed E-state index contributed by atoms with van der Waals surface area (Å²) in [5, 5.41) is 40.5. The fourth-order valence-electron chi connectivity index (χ4n) is 4.91. The van der Waals surface area contributed by atoms with E-state index in [1.54, 1.807) is 26.0 Å². The number of hydrogen-bond acceptors (Lipinski definition) is 10. The highest BCUT2D eigenvalue weighted by atomic mass is 33.1. The molecule has 14 heteroatoms. The third kappa shape index (κ3) is 20.4. The van der Waals surface area contributed by atoms with Gasteiger partial charge in [0, 0.05) is 28.6 Å². The molecule has 2 aromatic rings. The Morgan fingerprint density at radius 3 is 1.86 bits per heavy atom. The molecule has 310 valence electrons. The molecule has 0 aliphatic heterocycles. The minimum atomic E-state index is -1.22. The minimum absolute atomic E-state index is 0.0308. The Morgan fingerprint density at radius 2 is 1.33 bits per heavy atom. The second-order valence-electron chi connectivity index (χ2n) is 13.3. The van der Waals surface area contributed by atoms with E-state index >= 15 is 0 Å². The number of benzene rings is 1. The number of carboxylic acids is 1. The molecule has 2 rings (SSSR count). The van der Waals surface area contributed by atoms with Crippen LogP contribution in [0.15, 0.2) is 114 Å². The van der Waals surface area contributed by atoms with E-state index < -0.39 is 59.8 Å². The number of aliphatic carboxylic acids is 1. The van der Waals surface area contributed by atoms with E-state index in [1.807, 2.05) is 30.4 Å². The standard InChI is InChI=1S/C43H58N4O8S2/c1-4-5-6-7-8-9-10-11-12-13-14-15-16-17-18-19-20-21-25-28-38(50)45-36(42(53)54)32-56-57-43(2,3)39(41(52)44-34(30-48)31-49)46-40(51)35-29-37(55-47-35)33-26-23-22-24-27-33/h5-6,8-9,11-12,14-15,17-18,20-24,26-27,29,34,36,39,48-49H,4,7,10,13,16,19,25,28,30-32H2,1-3H3,(H,44,52)(H,45,50)(H,46,51)(H,53,54)/b6-5-,9-8-,12-11-,15-14-,18-17-,21-20-. The summed E-state index contributed by atoms with van der Waals surface area (Å²) in [7, 11) is 2.25. The molecule has 12 nitrogen and oxygen atoms in total. The van der Waals surface area contributed by atoms with E-state index in [0.29, 0.717) is 17.7 Å². The zero-order chi connectivity index (χ0) is 41.7. The van der Waals surface area contributed by atoms with Gasteiger partial charge in [-0.15, -0.1) is 0 Å². The van der Waals surface area contributed by atoms with Gasteiger partial charge in [-0.05, 0) is 58.8 Å². The first-order valence-electron chi connectivity index (χ1n) is 19.1. The number of amides is 3. The lowest BCUT2D eigenvalue weighted by atomic mass is 10.0. The van der Waals surface area contributed by atoms with Gasteiger partial charge in [0.2, 0.25) is 11.8 Å². The highest BCUT2D eigenvalue weighted by molar-refractivity contribution is 8.77. The van der Waals surface area contributed by atoms with E-state index in [1.165, 1.54) is 6.07 Å². The third-order valence-electron chi connectivity index (χ3n) is 8.10. The number of carboxylic acid groups (broad SMARTS) is 1. The van der Waals surface area contributed by atoms with Crippen LogP contribution in [0.2, 0.25) is 0 Å². The quantitative estimate of drug-likeness (QED) is 0.0379. The lowest BCUT2D eigenvalue weighted by Crippen LogP contribution is -2.58. The third-order valence-corrected chi connectivity index (χ3v) is 11.4. The number of aliphatic hydroxyl groups is 2. The van der Waals surface area contributed by atoms with Crippen LogP contribution in [0.4, 0.5) is 0 Å². The second-order valence-corrected chi connectivity index (χ2v) is 16.3. The van der Waals surface area contributed by atoms with Gasteiger partial charge >= 0.3 is 5.97 Å². The summed E-state index contributed by atoms with van der Waals surface area (Å²) in [6.07, 6.45) is 31.3. The van der Waals surface area contributed by atoms with Gasteiger partial charge in [0.25, 0.3) is 5.91 Å². The number of hydrogen-bond donors (Lipinski definition) is 6. The monoisotopic (exact) mass is 822 g/mol. The zero-order valence-electron chi connectivity index (χ0n) is 33.0. The first-order valence-corrected chi connectivity index (χ1v) is 21.4. The minimum Gasteiger partial charge on any atom is -0.480 e. The van der Waals surface area contributed by atoms with Crippen molar-refractivity contribution in [2.75, 3.05) is 19.0 Å². The van der Waals surface area contributed by atoms with Crippen molar-refractivity contribution < 1.29 is 39.0 Å². The summed E-state index contributed by atoms with van der Waals surface area (Å²) in [6.45, 7) is 4.42. The van der Waals surface area contributed by atoms with E-state index in [4.69, 9.17) is 4.52 Å². The summed E-state index contributed by atoms with van der Waals surface area (Å²) < 4.78 is 4.28. The molecule has 57 heavy (non-hydrogen) atoms. The van der Waals surface area contributed by atoms with Crippen molar-refractivity contribution in [3.63, 3.8) is 0 Å². The Bertz CT molecular complexity index is 1680. The van der Waals surface area contributed by atoms with Gasteiger partial charge in [-0.25, -0.2) is 4.79 Å². The van der Waals surface area contributed by atoms with Gasteiger partial charge in [-0.3, -0.25) is 14.4 Å². The van der Waals surface area contributed by atoms with Crippen LogP contribution < -0.4 is 16.0 Å². The number of aromatic nitrogens is 1. The first-order chi connectivity index (χ1) is 27.5. The van der Waals surface area contributed by atoms with Crippen LogP contribution >= 0.6 is 21.6 Å². The Balaban J connectivity index is 1.82. The normalized spacial score (nSPS) is 13.5. The highest BCUT2D eigenvalue weighted by Crippen LogP contribution is 2.39. The van der Waals surface area contributed by atoms with Crippen molar-refractivity contribution >= 4 is 45.3 Å². The number of rotatable bonds is 28. The Labute approximate surface area is 344 Å². The van der Waals surface area contributed by atoms with Crippen molar-refractivity contribution in [1.82, 2.24) is 21.1 Å².